The first-order valence-electron chi connectivity index (χ1n) is 3.84. The van der Waals surface area contributed by atoms with Crippen LogP contribution >= 0.6 is 11.6 Å². The second-order valence-corrected chi connectivity index (χ2v) is 3.02. The van der Waals surface area contributed by atoms with E-state index < -0.39 is 0 Å². The number of nitrogens with zero attached hydrogens (tertiary/aromatic N) is 2. The first-order valence-corrected chi connectivity index (χ1v) is 4.22. The lowest BCUT2D eigenvalue weighted by Crippen LogP contribution is -1.81. The smallest absolute Gasteiger partial charge is 0.291 e. The number of rotatable bonds is 2. The van der Waals surface area contributed by atoms with Gasteiger partial charge in [0.2, 0.25) is 12.1 Å². The van der Waals surface area contributed by atoms with E-state index in [9.17, 15) is 4.79 Å². The first kappa shape index (κ1) is 8.90. The summed E-state index contributed by atoms with van der Waals surface area (Å²) in [7, 11) is 0. The number of carbonyl (C=O) groups excluding carboxylic acids is 1. The molecular formula is C9H5ClN2O2. The predicted octanol–water partition coefficient (Wildman–Crippen LogP) is 2.20. The summed E-state index contributed by atoms with van der Waals surface area (Å²) in [4.78, 5) is 14.1. The molecule has 0 bridgehead atoms. The molecule has 0 amide bonds. The van der Waals surface area contributed by atoms with E-state index >= 15 is 0 Å². The minimum atomic E-state index is -0.0325. The van der Waals surface area contributed by atoms with Gasteiger partial charge in [-0.25, -0.2) is 0 Å². The average Bonchev–Trinajstić information content (AvgIpc) is 2.67. The van der Waals surface area contributed by atoms with E-state index in [4.69, 9.17) is 11.6 Å². The van der Waals surface area contributed by atoms with Crippen LogP contribution in [-0.2, 0) is 0 Å². The van der Waals surface area contributed by atoms with Crippen LogP contribution in [0.2, 0.25) is 5.02 Å². The molecule has 1 aromatic carbocycles. The molecular weight excluding hydrogens is 204 g/mol. The van der Waals surface area contributed by atoms with Gasteiger partial charge in [0.1, 0.15) is 0 Å². The van der Waals surface area contributed by atoms with Gasteiger partial charge in [-0.15, -0.1) is 0 Å². The molecule has 0 spiro atoms. The molecule has 4 nitrogen and oxygen atoms in total. The van der Waals surface area contributed by atoms with Crippen LogP contribution in [0.5, 0.6) is 0 Å². The molecule has 0 saturated carbocycles. The summed E-state index contributed by atoms with van der Waals surface area (Å²) in [5, 5.41) is 4.26. The van der Waals surface area contributed by atoms with E-state index in [2.05, 4.69) is 14.7 Å². The Hall–Kier alpha value is -1.68. The normalized spacial score (nSPS) is 10.1. The molecule has 0 N–H and O–H groups in total. The van der Waals surface area contributed by atoms with Crippen LogP contribution in [0, 0.1) is 0 Å². The fourth-order valence-corrected chi connectivity index (χ4v) is 1.13. The van der Waals surface area contributed by atoms with Gasteiger partial charge >= 0.3 is 0 Å². The highest BCUT2D eigenvalue weighted by molar-refractivity contribution is 6.30. The van der Waals surface area contributed by atoms with Crippen LogP contribution in [0.1, 0.15) is 10.7 Å². The van der Waals surface area contributed by atoms with Crippen LogP contribution in [0.4, 0.5) is 0 Å². The van der Waals surface area contributed by atoms with Gasteiger partial charge in [-0.1, -0.05) is 16.8 Å². The molecule has 5 heteroatoms. The van der Waals surface area contributed by atoms with Crippen molar-refractivity contribution >= 4 is 17.9 Å². The van der Waals surface area contributed by atoms with E-state index in [1.807, 2.05) is 0 Å². The van der Waals surface area contributed by atoms with Gasteiger partial charge in [0.15, 0.2) is 0 Å². The Labute approximate surface area is 84.5 Å². The van der Waals surface area contributed by atoms with Crippen molar-refractivity contribution < 1.29 is 9.32 Å². The zero-order valence-corrected chi connectivity index (χ0v) is 7.73. The minimum absolute atomic E-state index is 0.0325. The third kappa shape index (κ3) is 1.65. The predicted molar refractivity (Wildman–Crippen MR) is 50.1 cm³/mol. The SMILES string of the molecule is O=Cc1nc(-c2ccc(Cl)cc2)no1. The summed E-state index contributed by atoms with van der Waals surface area (Å²) in [6.45, 7) is 0. The third-order valence-electron chi connectivity index (χ3n) is 1.64. The van der Waals surface area contributed by atoms with Gasteiger partial charge in [0, 0.05) is 10.6 Å². The minimum Gasteiger partial charge on any atom is -0.331 e. The van der Waals surface area contributed by atoms with E-state index in [-0.39, 0.29) is 5.89 Å². The maximum atomic E-state index is 10.3. The highest BCUT2D eigenvalue weighted by atomic mass is 35.5. The molecule has 1 aromatic heterocycles. The lowest BCUT2D eigenvalue weighted by molar-refractivity contribution is 0.108. The molecule has 0 aliphatic heterocycles. The van der Waals surface area contributed by atoms with E-state index in [0.29, 0.717) is 17.1 Å². The molecule has 2 aromatic rings. The number of benzene rings is 1. The zero-order chi connectivity index (χ0) is 9.97. The molecule has 0 saturated heterocycles. The largest absolute Gasteiger partial charge is 0.331 e. The summed E-state index contributed by atoms with van der Waals surface area (Å²) in [5.41, 5.74) is 0.756. The number of carbonyl (C=O) groups is 1. The second-order valence-electron chi connectivity index (χ2n) is 2.58. The quantitative estimate of drug-likeness (QED) is 0.710. The van der Waals surface area contributed by atoms with Gasteiger partial charge in [-0.3, -0.25) is 4.79 Å². The molecule has 0 fully saturated rings. The number of aldehydes is 1. The average molecular weight is 209 g/mol. The lowest BCUT2D eigenvalue weighted by atomic mass is 10.2. The number of halogens is 1. The summed E-state index contributed by atoms with van der Waals surface area (Å²) in [6, 6.07) is 6.94. The van der Waals surface area contributed by atoms with Crippen molar-refractivity contribution in [3.8, 4) is 11.4 Å². The van der Waals surface area contributed by atoms with Gasteiger partial charge in [0.25, 0.3) is 5.89 Å². The van der Waals surface area contributed by atoms with Crippen molar-refractivity contribution in [2.75, 3.05) is 0 Å². The van der Waals surface area contributed by atoms with Crippen LogP contribution in [0.25, 0.3) is 11.4 Å². The molecule has 0 radical (unpaired) electrons. The maximum Gasteiger partial charge on any atom is 0.291 e. The van der Waals surface area contributed by atoms with E-state index in [1.165, 1.54) is 0 Å². The molecule has 1 heterocycles. The molecule has 2 rings (SSSR count). The topological polar surface area (TPSA) is 56.0 Å². The summed E-state index contributed by atoms with van der Waals surface area (Å²) < 4.78 is 4.64. The van der Waals surface area contributed by atoms with Gasteiger partial charge in [-0.2, -0.15) is 4.98 Å². The number of hydrogen-bond acceptors (Lipinski definition) is 4. The summed E-state index contributed by atoms with van der Waals surface area (Å²) in [6.07, 6.45) is 0.506. The van der Waals surface area contributed by atoms with Crippen molar-refractivity contribution in [3.63, 3.8) is 0 Å². The molecule has 0 unspecified atom stereocenters. The molecule has 70 valence electrons. The van der Waals surface area contributed by atoms with E-state index in [1.54, 1.807) is 24.3 Å². The van der Waals surface area contributed by atoms with Crippen molar-refractivity contribution in [1.29, 1.82) is 0 Å². The maximum absolute atomic E-state index is 10.3. The third-order valence-corrected chi connectivity index (χ3v) is 1.90. The van der Waals surface area contributed by atoms with Crippen LogP contribution in [0.15, 0.2) is 28.8 Å². The summed E-state index contributed by atoms with van der Waals surface area (Å²) in [5.74, 6) is 0.346. The Balaban J connectivity index is 2.39. The van der Waals surface area contributed by atoms with Crippen LogP contribution < -0.4 is 0 Å². The van der Waals surface area contributed by atoms with Crippen molar-refractivity contribution in [2.24, 2.45) is 0 Å². The lowest BCUT2D eigenvalue weighted by Gasteiger charge is -1.92. The van der Waals surface area contributed by atoms with E-state index in [0.717, 1.165) is 5.56 Å². The first-order chi connectivity index (χ1) is 6.79. The van der Waals surface area contributed by atoms with Crippen molar-refractivity contribution in [1.82, 2.24) is 10.1 Å². The van der Waals surface area contributed by atoms with Crippen molar-refractivity contribution in [2.45, 2.75) is 0 Å². The van der Waals surface area contributed by atoms with Crippen LogP contribution in [0.3, 0.4) is 0 Å². The summed E-state index contributed by atoms with van der Waals surface area (Å²) >= 11 is 5.71. The van der Waals surface area contributed by atoms with Crippen LogP contribution in [-0.4, -0.2) is 16.4 Å². The van der Waals surface area contributed by atoms with Crippen molar-refractivity contribution in [3.05, 3.63) is 35.2 Å². The Morgan fingerprint density at radius 2 is 2.00 bits per heavy atom. The van der Waals surface area contributed by atoms with Gasteiger partial charge < -0.3 is 4.52 Å². The van der Waals surface area contributed by atoms with Gasteiger partial charge in [-0.05, 0) is 24.3 Å². The zero-order valence-electron chi connectivity index (χ0n) is 6.98. The standard InChI is InChI=1S/C9H5ClN2O2/c10-7-3-1-6(2-4-7)9-11-8(5-13)14-12-9/h1-5H. The fourth-order valence-electron chi connectivity index (χ4n) is 0.999. The Morgan fingerprint density at radius 3 is 2.57 bits per heavy atom. The Morgan fingerprint density at radius 1 is 1.29 bits per heavy atom. The molecule has 14 heavy (non-hydrogen) atoms. The second kappa shape index (κ2) is 3.59. The Bertz CT molecular complexity index is 450. The Kier molecular flexibility index (Phi) is 2.28. The number of aromatic nitrogens is 2. The molecule has 0 aliphatic rings. The highest BCUT2D eigenvalue weighted by Gasteiger charge is 2.06. The molecule has 0 atom stereocenters. The monoisotopic (exact) mass is 208 g/mol. The fraction of sp³-hybridized carbons (Fsp3) is 0. The number of hydrogen-bond donors (Lipinski definition) is 0. The highest BCUT2D eigenvalue weighted by Crippen LogP contribution is 2.17. The molecule has 0 aliphatic carbocycles. The van der Waals surface area contributed by atoms with Gasteiger partial charge in [0.05, 0.1) is 0 Å².